The van der Waals surface area contributed by atoms with Crippen LogP contribution in [-0.2, 0) is 17.0 Å². The third-order valence-electron chi connectivity index (χ3n) is 7.91. The van der Waals surface area contributed by atoms with Crippen LogP contribution in [-0.4, -0.2) is 45.6 Å². The number of aromatic nitrogens is 4. The average Bonchev–Trinajstić information content (AvgIpc) is 3.57. The van der Waals surface area contributed by atoms with Crippen LogP contribution >= 0.6 is 0 Å². The Labute approximate surface area is 245 Å². The van der Waals surface area contributed by atoms with Gasteiger partial charge in [0.1, 0.15) is 23.7 Å². The number of hydrogen-bond donors (Lipinski definition) is 2. The first-order chi connectivity index (χ1) is 20.2. The van der Waals surface area contributed by atoms with Crippen LogP contribution in [0, 0.1) is 0 Å². The summed E-state index contributed by atoms with van der Waals surface area (Å²) in [5.74, 6) is 0.664. The highest BCUT2D eigenvalue weighted by atomic mass is 28.3. The summed E-state index contributed by atoms with van der Waals surface area (Å²) in [6, 6.07) is 21.0. The van der Waals surface area contributed by atoms with E-state index >= 15 is 0 Å². The molecule has 5 aromatic rings. The predicted octanol–water partition coefficient (Wildman–Crippen LogP) is 7.38. The highest BCUT2D eigenvalue weighted by molar-refractivity contribution is 6.76. The first-order valence-corrected chi connectivity index (χ1v) is 18.0. The van der Waals surface area contributed by atoms with Crippen LogP contribution in [0.15, 0.2) is 77.5 Å². The largest absolute Gasteiger partial charge is 0.465 e. The lowest BCUT2D eigenvalue weighted by atomic mass is 9.72. The van der Waals surface area contributed by atoms with E-state index in [0.29, 0.717) is 36.0 Å². The molecule has 1 aliphatic carbocycles. The van der Waals surface area contributed by atoms with E-state index in [9.17, 15) is 9.90 Å². The minimum atomic E-state index is -1.18. The molecule has 0 aliphatic heterocycles. The SMILES string of the molecule is C[Si](C)(C)CCOCn1nccc1-c1cnc2oc(-c3ccc(C4(NC(=O)O)CCC4)cc3)c(-c3ccccc3)c2n1. The smallest absolute Gasteiger partial charge is 0.405 e. The Bertz CT molecular complexity index is 1700. The van der Waals surface area contributed by atoms with Crippen molar-refractivity contribution in [2.45, 2.75) is 57.2 Å². The summed E-state index contributed by atoms with van der Waals surface area (Å²) >= 11 is 0. The average molecular weight is 582 g/mol. The van der Waals surface area contributed by atoms with Crippen molar-refractivity contribution in [1.82, 2.24) is 25.1 Å². The minimum Gasteiger partial charge on any atom is -0.465 e. The molecule has 2 aromatic carbocycles. The van der Waals surface area contributed by atoms with E-state index in [1.165, 1.54) is 0 Å². The number of amides is 1. The van der Waals surface area contributed by atoms with Gasteiger partial charge in [-0.05, 0) is 42.5 Å². The quantitative estimate of drug-likeness (QED) is 0.131. The Hall–Kier alpha value is -4.28. The number of carbonyl (C=O) groups is 1. The van der Waals surface area contributed by atoms with E-state index < -0.39 is 19.7 Å². The molecule has 216 valence electrons. The fourth-order valence-electron chi connectivity index (χ4n) is 5.41. The second kappa shape index (κ2) is 11.2. The van der Waals surface area contributed by atoms with Gasteiger partial charge in [-0.1, -0.05) is 74.2 Å². The molecule has 6 rings (SSSR count). The zero-order valence-electron chi connectivity index (χ0n) is 24.1. The molecule has 10 heteroatoms. The number of carboxylic acid groups (broad SMARTS) is 1. The van der Waals surface area contributed by atoms with Crippen molar-refractivity contribution >= 4 is 25.4 Å². The van der Waals surface area contributed by atoms with Gasteiger partial charge >= 0.3 is 6.09 Å². The maximum atomic E-state index is 11.5. The lowest BCUT2D eigenvalue weighted by Gasteiger charge is -2.42. The number of hydrogen-bond acceptors (Lipinski definition) is 6. The van der Waals surface area contributed by atoms with Gasteiger partial charge in [-0.25, -0.2) is 19.4 Å². The number of rotatable bonds is 10. The molecule has 42 heavy (non-hydrogen) atoms. The number of nitrogens with one attached hydrogen (secondary N) is 1. The first-order valence-electron chi connectivity index (χ1n) is 14.3. The first kappa shape index (κ1) is 27.9. The van der Waals surface area contributed by atoms with Crippen molar-refractivity contribution in [3.63, 3.8) is 0 Å². The zero-order valence-corrected chi connectivity index (χ0v) is 25.1. The molecule has 0 unspecified atom stereocenters. The van der Waals surface area contributed by atoms with E-state index in [0.717, 1.165) is 53.3 Å². The Morgan fingerprint density at radius 1 is 1.07 bits per heavy atom. The molecule has 9 nitrogen and oxygen atoms in total. The van der Waals surface area contributed by atoms with Gasteiger partial charge in [-0.15, -0.1) is 0 Å². The Morgan fingerprint density at radius 2 is 1.83 bits per heavy atom. The topological polar surface area (TPSA) is 115 Å². The van der Waals surface area contributed by atoms with E-state index in [2.05, 4.69) is 35.0 Å². The van der Waals surface area contributed by atoms with Crippen LogP contribution in [0.3, 0.4) is 0 Å². The molecule has 0 bridgehead atoms. The summed E-state index contributed by atoms with van der Waals surface area (Å²) in [6.07, 6.45) is 5.02. The maximum Gasteiger partial charge on any atom is 0.405 e. The van der Waals surface area contributed by atoms with Gasteiger partial charge in [0, 0.05) is 26.4 Å². The molecule has 1 amide bonds. The highest BCUT2D eigenvalue weighted by Gasteiger charge is 2.40. The number of ether oxygens (including phenoxy) is 1. The highest BCUT2D eigenvalue weighted by Crippen LogP contribution is 2.44. The fourth-order valence-corrected chi connectivity index (χ4v) is 6.17. The predicted molar refractivity (Wildman–Crippen MR) is 165 cm³/mol. The van der Waals surface area contributed by atoms with Crippen molar-refractivity contribution in [3.05, 3.63) is 78.6 Å². The summed E-state index contributed by atoms with van der Waals surface area (Å²) < 4.78 is 14.1. The van der Waals surface area contributed by atoms with E-state index in [-0.39, 0.29) is 0 Å². The van der Waals surface area contributed by atoms with Gasteiger partial charge in [-0.3, -0.25) is 0 Å². The van der Waals surface area contributed by atoms with Crippen molar-refractivity contribution in [3.8, 4) is 33.8 Å². The molecular formula is C32H35N5O4Si. The molecular weight excluding hydrogens is 546 g/mol. The van der Waals surface area contributed by atoms with Crippen molar-refractivity contribution in [1.29, 1.82) is 0 Å². The van der Waals surface area contributed by atoms with Gasteiger partial charge in [0.15, 0.2) is 0 Å². The Kier molecular flexibility index (Phi) is 7.42. The second-order valence-electron chi connectivity index (χ2n) is 12.1. The van der Waals surface area contributed by atoms with Crippen LogP contribution < -0.4 is 5.32 Å². The Balaban J connectivity index is 1.36. The van der Waals surface area contributed by atoms with Gasteiger partial charge < -0.3 is 19.6 Å². The third-order valence-corrected chi connectivity index (χ3v) is 9.61. The summed E-state index contributed by atoms with van der Waals surface area (Å²) in [4.78, 5) is 21.2. The molecule has 3 aromatic heterocycles. The molecule has 0 atom stereocenters. The molecule has 1 fully saturated rings. The molecule has 1 saturated carbocycles. The molecule has 0 radical (unpaired) electrons. The van der Waals surface area contributed by atoms with Gasteiger partial charge in [0.05, 0.1) is 23.0 Å². The number of furan rings is 1. The summed E-state index contributed by atoms with van der Waals surface area (Å²) in [5, 5.41) is 16.6. The van der Waals surface area contributed by atoms with E-state index in [1.807, 2.05) is 65.3 Å². The summed E-state index contributed by atoms with van der Waals surface area (Å²) in [7, 11) is -1.18. The Morgan fingerprint density at radius 3 is 2.50 bits per heavy atom. The van der Waals surface area contributed by atoms with Gasteiger partial charge in [0.25, 0.3) is 0 Å². The van der Waals surface area contributed by atoms with Crippen LogP contribution in [0.2, 0.25) is 25.7 Å². The fraction of sp³-hybridized carbons (Fsp3) is 0.312. The molecule has 0 saturated heterocycles. The monoisotopic (exact) mass is 581 g/mol. The zero-order chi connectivity index (χ0) is 29.3. The van der Waals surface area contributed by atoms with E-state index in [1.54, 1.807) is 12.4 Å². The number of nitrogens with zero attached hydrogens (tertiary/aromatic N) is 4. The van der Waals surface area contributed by atoms with Crippen LogP contribution in [0.1, 0.15) is 24.8 Å². The third kappa shape index (κ3) is 5.59. The van der Waals surface area contributed by atoms with Crippen molar-refractivity contribution < 1.29 is 19.1 Å². The molecule has 0 spiro atoms. The normalized spacial score (nSPS) is 14.5. The lowest BCUT2D eigenvalue weighted by Crippen LogP contribution is -2.50. The molecule has 2 N–H and O–H groups in total. The summed E-state index contributed by atoms with van der Waals surface area (Å²) in [5.41, 5.74) is 5.71. The van der Waals surface area contributed by atoms with Crippen molar-refractivity contribution in [2.24, 2.45) is 0 Å². The number of benzene rings is 2. The maximum absolute atomic E-state index is 11.5. The van der Waals surface area contributed by atoms with Crippen LogP contribution in [0.25, 0.3) is 45.1 Å². The van der Waals surface area contributed by atoms with Gasteiger partial charge in [-0.2, -0.15) is 5.10 Å². The second-order valence-corrected chi connectivity index (χ2v) is 17.7. The summed E-state index contributed by atoms with van der Waals surface area (Å²) in [6.45, 7) is 8.05. The number of fused-ring (bicyclic) bond motifs is 1. The minimum absolute atomic E-state index is 0.347. The lowest BCUT2D eigenvalue weighted by molar-refractivity contribution is 0.0797. The van der Waals surface area contributed by atoms with Crippen molar-refractivity contribution in [2.75, 3.05) is 6.61 Å². The van der Waals surface area contributed by atoms with Crippen LogP contribution in [0.4, 0.5) is 4.79 Å². The van der Waals surface area contributed by atoms with Gasteiger partial charge in [0.2, 0.25) is 5.71 Å². The standard InChI is InChI=1S/C32H35N5O4Si/c1-42(2,3)19-18-40-21-37-26(14-17-34-37)25-20-33-30-28(35-25)27(22-8-5-4-6-9-22)29(41-30)23-10-12-24(13-11-23)32(15-7-16-32)36-31(38)39/h4-6,8-14,17,20,36H,7,15-16,18-19,21H2,1-3H3,(H,38,39). The molecule has 1 aliphatic rings. The van der Waals surface area contributed by atoms with E-state index in [4.69, 9.17) is 14.1 Å². The molecule has 3 heterocycles. The van der Waals surface area contributed by atoms with Crippen LogP contribution in [0.5, 0.6) is 0 Å².